The molecule has 224 valence electrons. The Labute approximate surface area is 279 Å². The number of hydrogen-bond donors (Lipinski definition) is 0. The summed E-state index contributed by atoms with van der Waals surface area (Å²) in [6.45, 7) is 0. The Bertz CT molecular complexity index is 2060. The Kier molecular flexibility index (Phi) is 7.28. The lowest BCUT2D eigenvalue weighted by atomic mass is 9.82. The van der Waals surface area contributed by atoms with Gasteiger partial charge in [-0.3, -0.25) is 0 Å². The van der Waals surface area contributed by atoms with Crippen LogP contribution < -0.4 is 0 Å². The molecule has 6 aromatic rings. The van der Waals surface area contributed by atoms with Gasteiger partial charge < -0.3 is 0 Å². The third kappa shape index (κ3) is 4.86. The lowest BCUT2D eigenvalue weighted by molar-refractivity contribution is 0.257. The van der Waals surface area contributed by atoms with Gasteiger partial charge in [-0.15, -0.1) is 0 Å². The normalized spacial score (nSPS) is 16.2. The van der Waals surface area contributed by atoms with E-state index in [0.29, 0.717) is 5.02 Å². The molecule has 8 rings (SSSR count). The van der Waals surface area contributed by atoms with Gasteiger partial charge >= 0.3 is 0 Å². The topological polar surface area (TPSA) is 49.4 Å². The predicted molar refractivity (Wildman–Crippen MR) is 193 cm³/mol. The zero-order valence-corrected chi connectivity index (χ0v) is 26.2. The minimum atomic E-state index is -1.40. The summed E-state index contributed by atoms with van der Waals surface area (Å²) in [5.74, 6) is 0. The van der Waals surface area contributed by atoms with Gasteiger partial charge in [0.15, 0.2) is 0 Å². The van der Waals surface area contributed by atoms with Crippen LogP contribution in [-0.2, 0) is 11.3 Å². The minimum absolute atomic E-state index is 0.539. The van der Waals surface area contributed by atoms with Crippen LogP contribution >= 0.6 is 11.6 Å². The van der Waals surface area contributed by atoms with Gasteiger partial charge in [0, 0.05) is 38.4 Å². The molecular weight excluding hydrogens is 596 g/mol. The first-order valence-electron chi connectivity index (χ1n) is 15.6. The summed E-state index contributed by atoms with van der Waals surface area (Å²) in [4.78, 5) is 22.7. The Morgan fingerprint density at radius 2 is 0.617 bits per heavy atom. The van der Waals surface area contributed by atoms with E-state index < -0.39 is 11.3 Å². The van der Waals surface area contributed by atoms with Gasteiger partial charge in [0.05, 0.1) is 22.8 Å². The molecule has 0 radical (unpaired) electrons. The predicted octanol–water partition coefficient (Wildman–Crippen LogP) is 9.33. The monoisotopic (exact) mass is 624 g/mol. The van der Waals surface area contributed by atoms with E-state index in [1.54, 1.807) is 0 Å². The zero-order chi connectivity index (χ0) is 31.7. The van der Waals surface area contributed by atoms with Gasteiger partial charge in [0.1, 0.15) is 0 Å². The van der Waals surface area contributed by atoms with Crippen LogP contribution in [0.5, 0.6) is 0 Å². The zero-order valence-electron chi connectivity index (χ0n) is 25.4. The average Bonchev–Trinajstić information content (AvgIpc) is 3.76. The van der Waals surface area contributed by atoms with Crippen LogP contribution in [0.2, 0.25) is 5.02 Å². The number of benzene rings is 6. The highest BCUT2D eigenvalue weighted by Gasteiger charge is 2.61. The molecule has 0 N–H and O–H groups in total. The molecule has 4 nitrogen and oxygen atoms in total. The highest BCUT2D eigenvalue weighted by molar-refractivity contribution is 6.56. The molecule has 0 bridgehead atoms. The number of nitrogens with zero attached hydrogens (tertiary/aromatic N) is 4. The summed E-state index contributed by atoms with van der Waals surface area (Å²) in [6.07, 6.45) is 0. The smallest absolute Gasteiger partial charge is 0.227 e. The number of halogens is 1. The Balaban J connectivity index is 1.54. The second-order valence-corrected chi connectivity index (χ2v) is 11.9. The van der Waals surface area contributed by atoms with Gasteiger partial charge in [-0.2, -0.15) is 0 Å². The molecule has 0 atom stereocenters. The van der Waals surface area contributed by atoms with Crippen LogP contribution in [0.4, 0.5) is 0 Å². The largest absolute Gasteiger partial charge is 0.243 e. The van der Waals surface area contributed by atoms with E-state index in [9.17, 15) is 0 Å². The van der Waals surface area contributed by atoms with Crippen molar-refractivity contribution in [2.24, 2.45) is 20.0 Å². The molecule has 2 aliphatic heterocycles. The van der Waals surface area contributed by atoms with Crippen LogP contribution in [0, 0.1) is 0 Å². The first-order chi connectivity index (χ1) is 23.2. The van der Waals surface area contributed by atoms with E-state index in [4.69, 9.17) is 31.6 Å². The molecule has 0 amide bonds. The van der Waals surface area contributed by atoms with Crippen molar-refractivity contribution in [3.8, 4) is 0 Å². The van der Waals surface area contributed by atoms with Crippen molar-refractivity contribution < 1.29 is 0 Å². The fraction of sp³-hybridized carbons (Fsp3) is 0.0476. The van der Waals surface area contributed by atoms with Gasteiger partial charge in [0.25, 0.3) is 0 Å². The third-order valence-corrected chi connectivity index (χ3v) is 8.97. The summed E-state index contributed by atoms with van der Waals surface area (Å²) in [5.41, 5.74) is 5.69. The quantitative estimate of drug-likeness (QED) is 0.170. The second kappa shape index (κ2) is 11.9. The van der Waals surface area contributed by atoms with E-state index in [1.807, 2.05) is 115 Å². The van der Waals surface area contributed by atoms with Crippen LogP contribution in [0.15, 0.2) is 196 Å². The third-order valence-electron chi connectivity index (χ3n) is 8.64. The van der Waals surface area contributed by atoms with Crippen molar-refractivity contribution in [1.29, 1.82) is 0 Å². The van der Waals surface area contributed by atoms with E-state index >= 15 is 0 Å². The standard InChI is InChI=1S/C42H29ClN4/c43-36-29-17-16-28-35(36)42(46-39(32-22-10-3-11-23-32)40(47-42)33-24-12-4-13-25-33)41(34-26-14-5-15-27-34)44-37(30-18-6-1-7-19-30)38(45-41)31-20-8-2-9-21-31/h1-29H. The molecule has 2 aliphatic rings. The summed E-state index contributed by atoms with van der Waals surface area (Å²) in [5, 5.41) is 0.539. The fourth-order valence-corrected chi connectivity index (χ4v) is 6.73. The molecule has 0 aliphatic carbocycles. The molecule has 0 aromatic heterocycles. The maximum Gasteiger partial charge on any atom is 0.227 e. The van der Waals surface area contributed by atoms with Crippen molar-refractivity contribution in [1.82, 2.24) is 0 Å². The lowest BCUT2D eigenvalue weighted by Crippen LogP contribution is -2.43. The van der Waals surface area contributed by atoms with Gasteiger partial charge in [-0.05, 0) is 6.07 Å². The van der Waals surface area contributed by atoms with Crippen molar-refractivity contribution in [3.05, 3.63) is 214 Å². The van der Waals surface area contributed by atoms with Gasteiger partial charge in [-0.1, -0.05) is 181 Å². The number of aliphatic imine (C=N–C) groups is 4. The highest BCUT2D eigenvalue weighted by atomic mass is 35.5. The maximum atomic E-state index is 7.18. The average molecular weight is 625 g/mol. The maximum absolute atomic E-state index is 7.18. The summed E-state index contributed by atoms with van der Waals surface area (Å²) >= 11 is 7.18. The molecule has 5 heteroatoms. The molecule has 2 heterocycles. The van der Waals surface area contributed by atoms with E-state index in [0.717, 1.165) is 56.2 Å². The number of hydrogen-bond acceptors (Lipinski definition) is 4. The van der Waals surface area contributed by atoms with E-state index in [2.05, 4.69) is 60.7 Å². The van der Waals surface area contributed by atoms with E-state index in [-0.39, 0.29) is 0 Å². The minimum Gasteiger partial charge on any atom is -0.243 e. The summed E-state index contributed by atoms with van der Waals surface area (Å²) in [7, 11) is 0. The van der Waals surface area contributed by atoms with Crippen LogP contribution in [-0.4, -0.2) is 22.8 Å². The Morgan fingerprint density at radius 3 is 0.979 bits per heavy atom. The van der Waals surface area contributed by atoms with Crippen LogP contribution in [0.3, 0.4) is 0 Å². The Morgan fingerprint density at radius 1 is 0.319 bits per heavy atom. The SMILES string of the molecule is Clc1ccccc1C1(C2(c3ccccc3)N=C(c3ccccc3)C(c3ccccc3)=N2)N=C(c2ccccc2)C(c2ccccc2)=N1. The van der Waals surface area contributed by atoms with Crippen molar-refractivity contribution in [2.75, 3.05) is 0 Å². The highest BCUT2D eigenvalue weighted by Crippen LogP contribution is 2.55. The van der Waals surface area contributed by atoms with Crippen LogP contribution in [0.1, 0.15) is 33.4 Å². The van der Waals surface area contributed by atoms with Gasteiger partial charge in [0.2, 0.25) is 11.3 Å². The molecular formula is C42H29ClN4. The second-order valence-electron chi connectivity index (χ2n) is 11.5. The lowest BCUT2D eigenvalue weighted by Gasteiger charge is -2.38. The van der Waals surface area contributed by atoms with Gasteiger partial charge in [-0.25, -0.2) is 20.0 Å². The molecule has 0 unspecified atom stereocenters. The van der Waals surface area contributed by atoms with Crippen molar-refractivity contribution in [2.45, 2.75) is 11.3 Å². The van der Waals surface area contributed by atoms with E-state index in [1.165, 1.54) is 0 Å². The molecule has 0 spiro atoms. The summed E-state index contributed by atoms with van der Waals surface area (Å²) in [6, 6.07) is 58.8. The number of rotatable bonds is 7. The van der Waals surface area contributed by atoms with Crippen molar-refractivity contribution in [3.63, 3.8) is 0 Å². The molecule has 6 aromatic carbocycles. The first-order valence-corrected chi connectivity index (χ1v) is 16.0. The Hall–Kier alpha value is -5.71. The molecule has 0 saturated carbocycles. The van der Waals surface area contributed by atoms with Crippen molar-refractivity contribution >= 4 is 34.4 Å². The molecule has 0 saturated heterocycles. The van der Waals surface area contributed by atoms with Crippen LogP contribution in [0.25, 0.3) is 0 Å². The molecule has 0 fully saturated rings. The molecule has 47 heavy (non-hydrogen) atoms. The summed E-state index contributed by atoms with van der Waals surface area (Å²) < 4.78 is 0. The first kappa shape index (κ1) is 28.7. The fourth-order valence-electron chi connectivity index (χ4n) is 6.46.